The van der Waals surface area contributed by atoms with Crippen LogP contribution in [0.15, 0.2) is 10.9 Å². The van der Waals surface area contributed by atoms with E-state index in [9.17, 15) is 9.59 Å². The van der Waals surface area contributed by atoms with Crippen LogP contribution in [-0.4, -0.2) is 40.0 Å². The zero-order valence-electron chi connectivity index (χ0n) is 9.05. The Balaban J connectivity index is 2.62. The summed E-state index contributed by atoms with van der Waals surface area (Å²) in [5.74, 6) is -1.09. The highest BCUT2D eigenvalue weighted by Gasteiger charge is 2.17. The highest BCUT2D eigenvalue weighted by Crippen LogP contribution is 2.07. The van der Waals surface area contributed by atoms with Crippen LogP contribution in [0.5, 0.6) is 0 Å². The summed E-state index contributed by atoms with van der Waals surface area (Å²) in [6, 6.07) is 0. The van der Waals surface area contributed by atoms with Crippen molar-refractivity contribution in [3.8, 4) is 0 Å². The number of amides is 1. The van der Waals surface area contributed by atoms with Crippen molar-refractivity contribution in [2.24, 2.45) is 0 Å². The topological polar surface area (TPSA) is 70.5 Å². The van der Waals surface area contributed by atoms with Gasteiger partial charge in [-0.05, 0) is 6.42 Å². The molecule has 1 aromatic heterocycles. The monoisotopic (exact) mass is 242 g/mol. The van der Waals surface area contributed by atoms with Crippen LogP contribution in [0.25, 0.3) is 0 Å². The second-order valence-corrected chi connectivity index (χ2v) is 4.03. The smallest absolute Gasteiger partial charge is 0.305 e. The quantitative estimate of drug-likeness (QED) is 0.820. The van der Waals surface area contributed by atoms with Crippen molar-refractivity contribution >= 4 is 23.2 Å². The first-order valence-electron chi connectivity index (χ1n) is 5.04. The van der Waals surface area contributed by atoms with Gasteiger partial charge in [-0.2, -0.15) is 0 Å². The van der Waals surface area contributed by atoms with E-state index in [-0.39, 0.29) is 18.9 Å². The first kappa shape index (κ1) is 12.6. The maximum Gasteiger partial charge on any atom is 0.305 e. The molecule has 0 aliphatic rings. The molecule has 1 heterocycles. The lowest BCUT2D eigenvalue weighted by molar-refractivity contribution is -0.137. The first-order chi connectivity index (χ1) is 7.65. The van der Waals surface area contributed by atoms with Gasteiger partial charge in [0.2, 0.25) is 0 Å². The normalized spacial score (nSPS) is 10.1. The van der Waals surface area contributed by atoms with E-state index in [0.717, 1.165) is 6.42 Å². The average molecular weight is 242 g/mol. The molecule has 1 rings (SSSR count). The number of aliphatic carboxylic acids is 1. The molecule has 0 aliphatic carbocycles. The highest BCUT2D eigenvalue weighted by molar-refractivity contribution is 7.07. The third-order valence-electron chi connectivity index (χ3n) is 2.03. The van der Waals surface area contributed by atoms with Gasteiger partial charge in [0.15, 0.2) is 0 Å². The molecule has 0 aliphatic heterocycles. The molecule has 0 radical (unpaired) electrons. The van der Waals surface area contributed by atoms with Gasteiger partial charge in [-0.15, -0.1) is 11.3 Å². The number of carbonyl (C=O) groups is 2. The standard InChI is InChI=1S/C10H14N2O3S/c1-2-4-12(5-3-9(13)14)10(15)8-6-16-7-11-8/h6-7H,2-5H2,1H3,(H,13,14). The zero-order chi connectivity index (χ0) is 12.0. The number of aromatic nitrogens is 1. The molecule has 0 unspecified atom stereocenters. The SMILES string of the molecule is CCCN(CCC(=O)O)C(=O)c1cscn1. The molecule has 5 nitrogen and oxygen atoms in total. The summed E-state index contributed by atoms with van der Waals surface area (Å²) < 4.78 is 0. The van der Waals surface area contributed by atoms with Gasteiger partial charge < -0.3 is 10.0 Å². The fourth-order valence-corrected chi connectivity index (χ4v) is 1.82. The summed E-state index contributed by atoms with van der Waals surface area (Å²) in [5.41, 5.74) is 1.98. The van der Waals surface area contributed by atoms with E-state index in [2.05, 4.69) is 4.98 Å². The van der Waals surface area contributed by atoms with Crippen molar-refractivity contribution in [1.82, 2.24) is 9.88 Å². The van der Waals surface area contributed by atoms with Crippen molar-refractivity contribution in [2.75, 3.05) is 13.1 Å². The van der Waals surface area contributed by atoms with Gasteiger partial charge in [0.1, 0.15) is 5.69 Å². The Morgan fingerprint density at radius 2 is 2.25 bits per heavy atom. The third kappa shape index (κ3) is 3.62. The van der Waals surface area contributed by atoms with E-state index < -0.39 is 5.97 Å². The molecule has 16 heavy (non-hydrogen) atoms. The second kappa shape index (κ2) is 6.22. The van der Waals surface area contributed by atoms with E-state index in [1.54, 1.807) is 10.9 Å². The van der Waals surface area contributed by atoms with Crippen LogP contribution in [0.3, 0.4) is 0 Å². The first-order valence-corrected chi connectivity index (χ1v) is 5.98. The third-order valence-corrected chi connectivity index (χ3v) is 2.61. The van der Waals surface area contributed by atoms with Gasteiger partial charge in [-0.25, -0.2) is 4.98 Å². The predicted octanol–water partition coefficient (Wildman–Crippen LogP) is 1.47. The summed E-state index contributed by atoms with van der Waals surface area (Å²) in [5, 5.41) is 10.3. The Labute approximate surface area is 97.7 Å². The Kier molecular flexibility index (Phi) is 4.91. The van der Waals surface area contributed by atoms with E-state index in [0.29, 0.717) is 12.2 Å². The van der Waals surface area contributed by atoms with Gasteiger partial charge in [-0.1, -0.05) is 6.92 Å². The number of carboxylic acid groups (broad SMARTS) is 1. The molecule has 0 bridgehead atoms. The van der Waals surface area contributed by atoms with Crippen LogP contribution in [0.1, 0.15) is 30.3 Å². The second-order valence-electron chi connectivity index (χ2n) is 3.31. The van der Waals surface area contributed by atoms with E-state index in [1.807, 2.05) is 6.92 Å². The van der Waals surface area contributed by atoms with Crippen molar-refractivity contribution in [1.29, 1.82) is 0 Å². The van der Waals surface area contributed by atoms with Crippen molar-refractivity contribution in [3.63, 3.8) is 0 Å². The van der Waals surface area contributed by atoms with Crippen molar-refractivity contribution in [3.05, 3.63) is 16.6 Å². The fourth-order valence-electron chi connectivity index (χ4n) is 1.30. The van der Waals surface area contributed by atoms with Crippen LogP contribution in [0.4, 0.5) is 0 Å². The summed E-state index contributed by atoms with van der Waals surface area (Å²) in [6.07, 6.45) is 0.769. The zero-order valence-corrected chi connectivity index (χ0v) is 9.87. The summed E-state index contributed by atoms with van der Waals surface area (Å²) in [7, 11) is 0. The molecule has 0 atom stereocenters. The fraction of sp³-hybridized carbons (Fsp3) is 0.500. The lowest BCUT2D eigenvalue weighted by atomic mass is 10.3. The van der Waals surface area contributed by atoms with Crippen molar-refractivity contribution < 1.29 is 14.7 Å². The molecule has 88 valence electrons. The number of thiazole rings is 1. The predicted molar refractivity (Wildman–Crippen MR) is 60.6 cm³/mol. The Morgan fingerprint density at radius 3 is 2.75 bits per heavy atom. The number of carbonyl (C=O) groups excluding carboxylic acids is 1. The maximum absolute atomic E-state index is 11.9. The number of nitrogens with zero attached hydrogens (tertiary/aromatic N) is 2. The van der Waals surface area contributed by atoms with Gasteiger partial charge in [0, 0.05) is 18.5 Å². The van der Waals surface area contributed by atoms with Gasteiger partial charge >= 0.3 is 5.97 Å². The molecule has 0 saturated carbocycles. The molecule has 0 fully saturated rings. The van der Waals surface area contributed by atoms with E-state index in [1.165, 1.54) is 16.2 Å². The largest absolute Gasteiger partial charge is 0.481 e. The Bertz CT molecular complexity index is 351. The molecule has 1 N–H and O–H groups in total. The minimum atomic E-state index is -0.896. The average Bonchev–Trinajstić information content (AvgIpc) is 2.76. The van der Waals surface area contributed by atoms with Gasteiger partial charge in [-0.3, -0.25) is 9.59 Å². The van der Waals surface area contributed by atoms with Crippen LogP contribution in [0, 0.1) is 0 Å². The molecule has 1 amide bonds. The molecule has 1 aromatic rings. The molecule has 0 saturated heterocycles. The number of rotatable bonds is 6. The molecular weight excluding hydrogens is 228 g/mol. The van der Waals surface area contributed by atoms with Gasteiger partial charge in [0.05, 0.1) is 11.9 Å². The Hall–Kier alpha value is -1.43. The molecule has 6 heteroatoms. The Morgan fingerprint density at radius 1 is 1.50 bits per heavy atom. The molecule has 0 aromatic carbocycles. The van der Waals surface area contributed by atoms with E-state index >= 15 is 0 Å². The number of carboxylic acids is 1. The summed E-state index contributed by atoms with van der Waals surface area (Å²) in [4.78, 5) is 27.8. The molecule has 0 spiro atoms. The lowest BCUT2D eigenvalue weighted by Gasteiger charge is -2.20. The van der Waals surface area contributed by atoms with Crippen LogP contribution < -0.4 is 0 Å². The van der Waals surface area contributed by atoms with Crippen LogP contribution in [0.2, 0.25) is 0 Å². The van der Waals surface area contributed by atoms with Crippen LogP contribution in [-0.2, 0) is 4.79 Å². The molecular formula is C10H14N2O3S. The number of hydrogen-bond donors (Lipinski definition) is 1. The maximum atomic E-state index is 11.9. The lowest BCUT2D eigenvalue weighted by Crippen LogP contribution is -2.33. The van der Waals surface area contributed by atoms with Crippen LogP contribution >= 0.6 is 11.3 Å². The number of hydrogen-bond acceptors (Lipinski definition) is 4. The minimum Gasteiger partial charge on any atom is -0.481 e. The van der Waals surface area contributed by atoms with E-state index in [4.69, 9.17) is 5.11 Å². The minimum absolute atomic E-state index is 0.0319. The van der Waals surface area contributed by atoms with Crippen molar-refractivity contribution in [2.45, 2.75) is 19.8 Å². The summed E-state index contributed by atoms with van der Waals surface area (Å²) in [6.45, 7) is 2.74. The summed E-state index contributed by atoms with van der Waals surface area (Å²) >= 11 is 1.35. The highest BCUT2D eigenvalue weighted by atomic mass is 32.1. The van der Waals surface area contributed by atoms with Gasteiger partial charge in [0.25, 0.3) is 5.91 Å².